The molecule has 3 nitrogen and oxygen atoms in total. The molecule has 1 aliphatic heterocycles. The Hall–Kier alpha value is -0.190. The zero-order chi connectivity index (χ0) is 11.6. The van der Waals surface area contributed by atoms with Crippen molar-refractivity contribution >= 4 is 0 Å². The van der Waals surface area contributed by atoms with E-state index in [1.807, 2.05) is 0 Å². The number of methoxy groups -OCH3 is 1. The van der Waals surface area contributed by atoms with E-state index in [9.17, 15) is 4.39 Å². The molecule has 0 saturated carbocycles. The van der Waals surface area contributed by atoms with Crippen LogP contribution in [0.2, 0.25) is 0 Å². The normalized spacial score (nSPS) is 22.5. The highest BCUT2D eigenvalue weighted by Gasteiger charge is 2.21. The topological polar surface area (TPSA) is 24.5 Å². The van der Waals surface area contributed by atoms with Gasteiger partial charge in [-0.05, 0) is 25.8 Å². The zero-order valence-corrected chi connectivity index (χ0v) is 10.4. The number of alkyl halides is 1. The molecule has 1 atom stereocenters. The van der Waals surface area contributed by atoms with Crippen molar-refractivity contribution in [1.29, 1.82) is 0 Å². The van der Waals surface area contributed by atoms with Crippen molar-refractivity contribution in [3.8, 4) is 0 Å². The first-order valence-corrected chi connectivity index (χ1v) is 6.38. The summed E-state index contributed by atoms with van der Waals surface area (Å²) in [5.41, 5.74) is 0. The van der Waals surface area contributed by atoms with E-state index in [-0.39, 0.29) is 6.67 Å². The van der Waals surface area contributed by atoms with Gasteiger partial charge in [-0.15, -0.1) is 0 Å². The summed E-state index contributed by atoms with van der Waals surface area (Å²) < 4.78 is 17.2. The van der Waals surface area contributed by atoms with E-state index in [0.717, 1.165) is 32.8 Å². The van der Waals surface area contributed by atoms with Crippen LogP contribution in [0, 0.1) is 0 Å². The highest BCUT2D eigenvalue weighted by atomic mass is 19.1. The van der Waals surface area contributed by atoms with Crippen molar-refractivity contribution < 1.29 is 9.13 Å². The third-order valence-electron chi connectivity index (χ3n) is 3.19. The van der Waals surface area contributed by atoms with Crippen molar-refractivity contribution in [3.05, 3.63) is 0 Å². The first kappa shape index (κ1) is 13.9. The number of nitrogens with one attached hydrogen (secondary N) is 1. The van der Waals surface area contributed by atoms with E-state index in [4.69, 9.17) is 4.74 Å². The van der Waals surface area contributed by atoms with E-state index >= 15 is 0 Å². The summed E-state index contributed by atoms with van der Waals surface area (Å²) in [5.74, 6) is 0. The van der Waals surface area contributed by atoms with Gasteiger partial charge in [0.15, 0.2) is 0 Å². The summed E-state index contributed by atoms with van der Waals surface area (Å²) in [6.07, 6.45) is 4.49. The molecule has 0 spiro atoms. The fourth-order valence-corrected chi connectivity index (χ4v) is 2.29. The van der Waals surface area contributed by atoms with Crippen LogP contribution >= 0.6 is 0 Å². The van der Waals surface area contributed by atoms with Crippen molar-refractivity contribution in [1.82, 2.24) is 10.2 Å². The van der Waals surface area contributed by atoms with Crippen molar-refractivity contribution in [2.45, 2.75) is 31.7 Å². The number of rotatable bonds is 8. The van der Waals surface area contributed by atoms with Crippen molar-refractivity contribution in [2.75, 3.05) is 46.6 Å². The van der Waals surface area contributed by atoms with Gasteiger partial charge in [-0.1, -0.05) is 6.42 Å². The van der Waals surface area contributed by atoms with Crippen LogP contribution < -0.4 is 5.32 Å². The Bertz CT molecular complexity index is 169. The predicted octanol–water partition coefficient (Wildman–Crippen LogP) is 1.44. The van der Waals surface area contributed by atoms with Gasteiger partial charge in [-0.3, -0.25) is 9.29 Å². The first-order chi connectivity index (χ1) is 7.88. The summed E-state index contributed by atoms with van der Waals surface area (Å²) in [6, 6.07) is 0.595. The van der Waals surface area contributed by atoms with E-state index < -0.39 is 0 Å². The minimum Gasteiger partial charge on any atom is -0.383 e. The van der Waals surface area contributed by atoms with Gasteiger partial charge in [0.2, 0.25) is 0 Å². The summed E-state index contributed by atoms with van der Waals surface area (Å²) in [5, 5.41) is 3.40. The van der Waals surface area contributed by atoms with E-state index in [1.54, 1.807) is 7.11 Å². The van der Waals surface area contributed by atoms with Crippen LogP contribution in [0.1, 0.15) is 25.7 Å². The largest absolute Gasteiger partial charge is 0.383 e. The third kappa shape index (κ3) is 5.23. The number of hydrogen-bond acceptors (Lipinski definition) is 3. The van der Waals surface area contributed by atoms with Gasteiger partial charge in [0.25, 0.3) is 0 Å². The van der Waals surface area contributed by atoms with E-state index in [2.05, 4.69) is 10.2 Å². The minimum atomic E-state index is -0.194. The zero-order valence-electron chi connectivity index (χ0n) is 10.4. The molecule has 1 saturated heterocycles. The summed E-state index contributed by atoms with van der Waals surface area (Å²) in [6.45, 7) is 4.53. The molecule has 4 heteroatoms. The lowest BCUT2D eigenvalue weighted by Gasteiger charge is -2.35. The van der Waals surface area contributed by atoms with Crippen LogP contribution in [0.4, 0.5) is 4.39 Å². The van der Waals surface area contributed by atoms with Gasteiger partial charge in [0.05, 0.1) is 13.3 Å². The number of nitrogens with zero attached hydrogens (tertiary/aromatic N) is 1. The van der Waals surface area contributed by atoms with E-state index in [0.29, 0.717) is 12.5 Å². The lowest BCUT2D eigenvalue weighted by atomic mass is 10.0. The molecule has 0 aliphatic carbocycles. The number of likely N-dealkylation sites (tertiary alicyclic amines) is 1. The molecule has 1 fully saturated rings. The van der Waals surface area contributed by atoms with Crippen LogP contribution in [0.3, 0.4) is 0 Å². The summed E-state index contributed by atoms with van der Waals surface area (Å²) in [4.78, 5) is 2.43. The van der Waals surface area contributed by atoms with Gasteiger partial charge in [0.1, 0.15) is 0 Å². The molecule has 0 aromatic heterocycles. The monoisotopic (exact) mass is 232 g/mol. The predicted molar refractivity (Wildman–Crippen MR) is 64.5 cm³/mol. The van der Waals surface area contributed by atoms with Crippen molar-refractivity contribution in [3.63, 3.8) is 0 Å². The average Bonchev–Trinajstić information content (AvgIpc) is 2.33. The number of ether oxygens (including phenoxy) is 1. The minimum absolute atomic E-state index is 0.194. The number of hydrogen-bond donors (Lipinski definition) is 1. The highest BCUT2D eigenvalue weighted by Crippen LogP contribution is 2.16. The standard InChI is InChI=1S/C12H25FN2O/c1-16-10-7-14-11-12-5-2-3-8-15(12)9-4-6-13/h12,14H,2-11H2,1H3. The second-order valence-corrected chi connectivity index (χ2v) is 4.43. The molecule has 1 heterocycles. The Morgan fingerprint density at radius 2 is 2.31 bits per heavy atom. The molecule has 0 aromatic carbocycles. The van der Waals surface area contributed by atoms with Crippen LogP contribution in [-0.2, 0) is 4.74 Å². The molecule has 0 aromatic rings. The average molecular weight is 232 g/mol. The lowest BCUT2D eigenvalue weighted by molar-refractivity contribution is 0.136. The molecule has 0 bridgehead atoms. The number of halogens is 1. The van der Waals surface area contributed by atoms with Crippen LogP contribution in [0.15, 0.2) is 0 Å². The molecule has 1 N–H and O–H groups in total. The maximum Gasteiger partial charge on any atom is 0.0906 e. The Balaban J connectivity index is 2.18. The maximum absolute atomic E-state index is 12.2. The summed E-state index contributed by atoms with van der Waals surface area (Å²) >= 11 is 0. The lowest BCUT2D eigenvalue weighted by Crippen LogP contribution is -2.46. The SMILES string of the molecule is COCCNCC1CCCCN1CCCF. The first-order valence-electron chi connectivity index (χ1n) is 6.38. The van der Waals surface area contributed by atoms with Crippen LogP contribution in [0.5, 0.6) is 0 Å². The quantitative estimate of drug-likeness (QED) is 0.641. The van der Waals surface area contributed by atoms with Gasteiger partial charge < -0.3 is 10.1 Å². The molecule has 1 aliphatic rings. The molecule has 16 heavy (non-hydrogen) atoms. The van der Waals surface area contributed by atoms with Gasteiger partial charge in [-0.25, -0.2) is 0 Å². The van der Waals surface area contributed by atoms with Crippen LogP contribution in [-0.4, -0.2) is 57.5 Å². The summed E-state index contributed by atoms with van der Waals surface area (Å²) in [7, 11) is 1.72. The van der Waals surface area contributed by atoms with Gasteiger partial charge >= 0.3 is 0 Å². The highest BCUT2D eigenvalue weighted by molar-refractivity contribution is 4.78. The fourth-order valence-electron chi connectivity index (χ4n) is 2.29. The molecule has 0 radical (unpaired) electrons. The Morgan fingerprint density at radius 1 is 1.44 bits per heavy atom. The maximum atomic E-state index is 12.2. The molecule has 1 unspecified atom stereocenters. The molecule has 0 amide bonds. The molecule has 96 valence electrons. The van der Waals surface area contributed by atoms with Gasteiger partial charge in [-0.2, -0.15) is 0 Å². The Labute approximate surface area is 98.3 Å². The molecular weight excluding hydrogens is 207 g/mol. The smallest absolute Gasteiger partial charge is 0.0906 e. The van der Waals surface area contributed by atoms with Gasteiger partial charge in [0, 0.05) is 32.8 Å². The van der Waals surface area contributed by atoms with Crippen LogP contribution in [0.25, 0.3) is 0 Å². The Morgan fingerprint density at radius 3 is 3.06 bits per heavy atom. The Kier molecular flexibility index (Phi) is 7.72. The van der Waals surface area contributed by atoms with E-state index in [1.165, 1.54) is 19.3 Å². The fraction of sp³-hybridized carbons (Fsp3) is 1.00. The molecule has 1 rings (SSSR count). The second-order valence-electron chi connectivity index (χ2n) is 4.43. The van der Waals surface area contributed by atoms with Crippen molar-refractivity contribution in [2.24, 2.45) is 0 Å². The number of piperidine rings is 1. The third-order valence-corrected chi connectivity index (χ3v) is 3.19. The second kappa shape index (κ2) is 8.90. The molecular formula is C12H25FN2O.